The third-order valence-electron chi connectivity index (χ3n) is 5.30. The first kappa shape index (κ1) is 16.9. The number of carbonyl (C=O) groups excluding carboxylic acids is 1. The van der Waals surface area contributed by atoms with Gasteiger partial charge in [0.1, 0.15) is 6.04 Å². The van der Waals surface area contributed by atoms with Gasteiger partial charge in [-0.05, 0) is 37.5 Å². The number of aliphatic carboxylic acids is 1. The zero-order valence-electron chi connectivity index (χ0n) is 14.4. The second kappa shape index (κ2) is 6.91. The van der Waals surface area contributed by atoms with Gasteiger partial charge in [-0.3, -0.25) is 9.48 Å². The Hall–Kier alpha value is -1.92. The summed E-state index contributed by atoms with van der Waals surface area (Å²) in [5, 5.41) is 17.6. The number of carboxylic acid groups (broad SMARTS) is 1. The van der Waals surface area contributed by atoms with E-state index in [1.165, 1.54) is 0 Å². The van der Waals surface area contributed by atoms with Gasteiger partial charge in [0, 0.05) is 12.6 Å². The maximum absolute atomic E-state index is 12.9. The molecule has 2 fully saturated rings. The average molecular weight is 334 g/mol. The lowest BCUT2D eigenvalue weighted by Gasteiger charge is -2.32. The molecule has 0 spiro atoms. The van der Waals surface area contributed by atoms with E-state index in [1.807, 2.05) is 0 Å². The van der Waals surface area contributed by atoms with Crippen molar-refractivity contribution in [3.63, 3.8) is 0 Å². The van der Waals surface area contributed by atoms with Gasteiger partial charge in [0.25, 0.3) is 5.91 Å². The summed E-state index contributed by atoms with van der Waals surface area (Å²) in [5.41, 5.74) is 0.260. The fourth-order valence-electron chi connectivity index (χ4n) is 4.00. The zero-order chi connectivity index (χ0) is 17.3. The Labute approximate surface area is 142 Å². The van der Waals surface area contributed by atoms with Crippen molar-refractivity contribution < 1.29 is 14.7 Å². The first-order valence-electron chi connectivity index (χ1n) is 8.93. The molecule has 7 heteroatoms. The van der Waals surface area contributed by atoms with E-state index >= 15 is 0 Å². The topological polar surface area (TPSA) is 88.3 Å². The van der Waals surface area contributed by atoms with Crippen molar-refractivity contribution >= 4 is 11.9 Å². The first-order valence-corrected chi connectivity index (χ1v) is 8.93. The highest BCUT2D eigenvalue weighted by Crippen LogP contribution is 2.40. The van der Waals surface area contributed by atoms with Crippen LogP contribution in [0.3, 0.4) is 0 Å². The molecule has 24 heavy (non-hydrogen) atoms. The number of carbonyl (C=O) groups is 2. The molecule has 0 radical (unpaired) electrons. The van der Waals surface area contributed by atoms with Gasteiger partial charge in [-0.25, -0.2) is 4.79 Å². The number of likely N-dealkylation sites (tertiary alicyclic amines) is 1. The summed E-state index contributed by atoms with van der Waals surface area (Å²) in [7, 11) is 0. The van der Waals surface area contributed by atoms with Crippen LogP contribution < -0.4 is 0 Å². The SMILES string of the molecule is CC(C)CCn1cc(C(=O)N2C(C(=O)O)CC3CCCCC32)nn1. The van der Waals surface area contributed by atoms with E-state index in [-0.39, 0.29) is 17.6 Å². The van der Waals surface area contributed by atoms with Gasteiger partial charge in [-0.2, -0.15) is 0 Å². The number of nitrogens with zero attached hydrogens (tertiary/aromatic N) is 4. The summed E-state index contributed by atoms with van der Waals surface area (Å²) < 4.78 is 1.68. The van der Waals surface area contributed by atoms with Crippen LogP contribution in [0.1, 0.15) is 62.9 Å². The molecule has 2 heterocycles. The molecule has 1 aromatic heterocycles. The highest BCUT2D eigenvalue weighted by Gasteiger charge is 2.48. The molecule has 7 nitrogen and oxygen atoms in total. The monoisotopic (exact) mass is 334 g/mol. The minimum absolute atomic E-state index is 0.0353. The first-order chi connectivity index (χ1) is 11.5. The lowest BCUT2D eigenvalue weighted by atomic mass is 9.84. The second-order valence-corrected chi connectivity index (χ2v) is 7.46. The van der Waals surface area contributed by atoms with E-state index in [1.54, 1.807) is 15.8 Å². The van der Waals surface area contributed by atoms with Gasteiger partial charge in [0.15, 0.2) is 5.69 Å². The number of rotatable bonds is 5. The number of carboxylic acids is 1. The molecule has 1 saturated heterocycles. The van der Waals surface area contributed by atoms with Crippen LogP contribution in [0.4, 0.5) is 0 Å². The lowest BCUT2D eigenvalue weighted by molar-refractivity contribution is -0.141. The maximum atomic E-state index is 12.9. The number of aromatic nitrogens is 3. The van der Waals surface area contributed by atoms with Crippen molar-refractivity contribution in [1.82, 2.24) is 19.9 Å². The molecular formula is C17H26N4O3. The quantitative estimate of drug-likeness (QED) is 0.891. The Morgan fingerprint density at radius 3 is 2.79 bits per heavy atom. The molecule has 132 valence electrons. The fourth-order valence-corrected chi connectivity index (χ4v) is 4.00. The van der Waals surface area contributed by atoms with Gasteiger partial charge < -0.3 is 10.0 Å². The van der Waals surface area contributed by atoms with Crippen LogP contribution in [0.5, 0.6) is 0 Å². The Kier molecular flexibility index (Phi) is 4.87. The average Bonchev–Trinajstić information content (AvgIpc) is 3.17. The Bertz CT molecular complexity index is 613. The van der Waals surface area contributed by atoms with Crippen LogP contribution >= 0.6 is 0 Å². The molecule has 3 unspecified atom stereocenters. The summed E-state index contributed by atoms with van der Waals surface area (Å²) in [6.07, 6.45) is 7.26. The molecule has 0 bridgehead atoms. The predicted octanol–water partition coefficient (Wildman–Crippen LogP) is 2.18. The number of aryl methyl sites for hydroxylation is 1. The van der Waals surface area contributed by atoms with Crippen LogP contribution in [0.25, 0.3) is 0 Å². The standard InChI is InChI=1S/C17H26N4O3/c1-11(2)7-8-20-10-13(18-19-20)16(22)21-14-6-4-3-5-12(14)9-15(21)17(23)24/h10-12,14-15H,3-9H2,1-2H3,(H,23,24). The van der Waals surface area contributed by atoms with Crippen molar-refractivity contribution in [2.75, 3.05) is 0 Å². The van der Waals surface area contributed by atoms with Gasteiger partial charge in [-0.1, -0.05) is 31.9 Å². The van der Waals surface area contributed by atoms with Crippen LogP contribution in [-0.4, -0.2) is 49.0 Å². The van der Waals surface area contributed by atoms with Gasteiger partial charge in [0.05, 0.1) is 6.20 Å². The Morgan fingerprint density at radius 1 is 1.33 bits per heavy atom. The molecule has 2 aliphatic rings. The minimum Gasteiger partial charge on any atom is -0.480 e. The molecule has 1 aromatic rings. The van der Waals surface area contributed by atoms with Crippen molar-refractivity contribution in [3.05, 3.63) is 11.9 Å². The van der Waals surface area contributed by atoms with Crippen molar-refractivity contribution in [2.45, 2.75) is 71.0 Å². The third-order valence-corrected chi connectivity index (χ3v) is 5.30. The Morgan fingerprint density at radius 2 is 2.08 bits per heavy atom. The summed E-state index contributed by atoms with van der Waals surface area (Å²) in [6.45, 7) is 4.98. The molecule has 0 aromatic carbocycles. The van der Waals surface area contributed by atoms with E-state index in [4.69, 9.17) is 0 Å². The van der Waals surface area contributed by atoms with Crippen LogP contribution in [0.15, 0.2) is 6.20 Å². The molecule has 1 aliphatic carbocycles. The van der Waals surface area contributed by atoms with Crippen molar-refractivity contribution in [3.8, 4) is 0 Å². The smallest absolute Gasteiger partial charge is 0.326 e. The van der Waals surface area contributed by atoms with E-state index < -0.39 is 12.0 Å². The van der Waals surface area contributed by atoms with E-state index in [0.717, 1.165) is 32.1 Å². The summed E-state index contributed by atoms with van der Waals surface area (Å²) in [5.74, 6) is -0.344. The van der Waals surface area contributed by atoms with Gasteiger partial charge >= 0.3 is 5.97 Å². The van der Waals surface area contributed by atoms with Gasteiger partial charge in [-0.15, -0.1) is 5.10 Å². The van der Waals surface area contributed by atoms with Crippen LogP contribution in [0, 0.1) is 11.8 Å². The largest absolute Gasteiger partial charge is 0.480 e. The number of hydrogen-bond acceptors (Lipinski definition) is 4. The molecule has 1 aliphatic heterocycles. The number of fused-ring (bicyclic) bond motifs is 1. The molecule has 3 atom stereocenters. The van der Waals surface area contributed by atoms with E-state index in [0.29, 0.717) is 24.8 Å². The highest BCUT2D eigenvalue weighted by atomic mass is 16.4. The molecule has 1 N–H and O–H groups in total. The summed E-state index contributed by atoms with van der Waals surface area (Å²) in [4.78, 5) is 26.1. The lowest BCUT2D eigenvalue weighted by Crippen LogP contribution is -2.46. The summed E-state index contributed by atoms with van der Waals surface area (Å²) >= 11 is 0. The second-order valence-electron chi connectivity index (χ2n) is 7.46. The van der Waals surface area contributed by atoms with Crippen LogP contribution in [0.2, 0.25) is 0 Å². The molecule has 1 amide bonds. The minimum atomic E-state index is -0.912. The molecule has 3 rings (SSSR count). The van der Waals surface area contributed by atoms with Crippen molar-refractivity contribution in [2.24, 2.45) is 11.8 Å². The van der Waals surface area contributed by atoms with Crippen LogP contribution in [-0.2, 0) is 11.3 Å². The fraction of sp³-hybridized carbons (Fsp3) is 0.765. The predicted molar refractivity (Wildman–Crippen MR) is 87.4 cm³/mol. The number of amides is 1. The molecular weight excluding hydrogens is 308 g/mol. The third kappa shape index (κ3) is 3.30. The van der Waals surface area contributed by atoms with Crippen molar-refractivity contribution in [1.29, 1.82) is 0 Å². The highest BCUT2D eigenvalue weighted by molar-refractivity contribution is 5.95. The summed E-state index contributed by atoms with van der Waals surface area (Å²) in [6, 6.07) is -0.695. The normalized spacial score (nSPS) is 26.6. The van der Waals surface area contributed by atoms with E-state index in [9.17, 15) is 14.7 Å². The Balaban J connectivity index is 1.77. The maximum Gasteiger partial charge on any atom is 0.326 e. The van der Waals surface area contributed by atoms with Gasteiger partial charge in [0.2, 0.25) is 0 Å². The zero-order valence-corrected chi connectivity index (χ0v) is 14.4. The number of hydrogen-bond donors (Lipinski definition) is 1. The molecule has 1 saturated carbocycles. The van der Waals surface area contributed by atoms with E-state index in [2.05, 4.69) is 24.2 Å².